The molecular weight excluding hydrogens is 264 g/mol. The van der Waals surface area contributed by atoms with Crippen LogP contribution in [0.1, 0.15) is 22.3 Å². The molecule has 0 aliphatic carbocycles. The number of thioether (sulfide) groups is 1. The number of nitrogens with zero attached hydrogens (tertiary/aromatic N) is 1. The summed E-state index contributed by atoms with van der Waals surface area (Å²) in [7, 11) is 0. The van der Waals surface area contributed by atoms with Gasteiger partial charge in [0.15, 0.2) is 0 Å². The predicted molar refractivity (Wildman–Crippen MR) is 73.0 cm³/mol. The number of aliphatic carboxylic acids is 1. The van der Waals surface area contributed by atoms with E-state index in [1.807, 2.05) is 12.3 Å². The topological polar surface area (TPSA) is 90.2 Å². The van der Waals surface area contributed by atoms with Crippen LogP contribution >= 0.6 is 11.8 Å². The van der Waals surface area contributed by atoms with Gasteiger partial charge in [-0.15, -0.1) is 0 Å². The Kier molecular flexibility index (Phi) is 5.90. The fourth-order valence-electron chi connectivity index (χ4n) is 1.46. The van der Waals surface area contributed by atoms with Crippen molar-refractivity contribution in [3.8, 4) is 6.07 Å². The maximum atomic E-state index is 11.9. The number of hydrogen-bond acceptors (Lipinski definition) is 4. The van der Waals surface area contributed by atoms with Crippen LogP contribution in [0.4, 0.5) is 0 Å². The molecule has 0 radical (unpaired) electrons. The molecule has 0 heterocycles. The Bertz CT molecular complexity index is 511. The van der Waals surface area contributed by atoms with Crippen molar-refractivity contribution in [2.24, 2.45) is 0 Å². The van der Waals surface area contributed by atoms with Gasteiger partial charge in [-0.1, -0.05) is 6.07 Å². The van der Waals surface area contributed by atoms with E-state index in [0.29, 0.717) is 17.7 Å². The number of carboxylic acids is 1. The first-order valence-electron chi connectivity index (χ1n) is 5.61. The van der Waals surface area contributed by atoms with E-state index in [9.17, 15) is 9.59 Å². The number of carbonyl (C=O) groups is 2. The summed E-state index contributed by atoms with van der Waals surface area (Å²) in [6.45, 7) is 0. The number of amides is 1. The van der Waals surface area contributed by atoms with Crippen molar-refractivity contribution < 1.29 is 14.7 Å². The number of nitrogens with one attached hydrogen (secondary N) is 1. The molecule has 0 unspecified atom stereocenters. The lowest BCUT2D eigenvalue weighted by molar-refractivity contribution is -0.139. The molecule has 0 spiro atoms. The van der Waals surface area contributed by atoms with Gasteiger partial charge in [0.1, 0.15) is 6.04 Å². The average molecular weight is 278 g/mol. The van der Waals surface area contributed by atoms with E-state index < -0.39 is 17.9 Å². The van der Waals surface area contributed by atoms with Crippen molar-refractivity contribution >= 4 is 23.6 Å². The average Bonchev–Trinajstić information content (AvgIpc) is 2.42. The number of nitriles is 1. The van der Waals surface area contributed by atoms with Gasteiger partial charge in [-0.2, -0.15) is 17.0 Å². The van der Waals surface area contributed by atoms with E-state index in [4.69, 9.17) is 10.4 Å². The number of benzene rings is 1. The fraction of sp³-hybridized carbons (Fsp3) is 0.308. The van der Waals surface area contributed by atoms with Crippen LogP contribution in [0.25, 0.3) is 0 Å². The molecule has 1 aromatic rings. The van der Waals surface area contributed by atoms with Crippen molar-refractivity contribution in [1.82, 2.24) is 5.32 Å². The molecule has 0 aliphatic rings. The van der Waals surface area contributed by atoms with Gasteiger partial charge in [0.2, 0.25) is 0 Å². The van der Waals surface area contributed by atoms with Crippen molar-refractivity contribution in [1.29, 1.82) is 5.26 Å². The summed E-state index contributed by atoms with van der Waals surface area (Å²) in [5.74, 6) is -0.889. The Morgan fingerprint density at radius 1 is 1.53 bits per heavy atom. The van der Waals surface area contributed by atoms with Crippen molar-refractivity contribution in [2.75, 3.05) is 12.0 Å². The van der Waals surface area contributed by atoms with Crippen molar-refractivity contribution in [3.63, 3.8) is 0 Å². The van der Waals surface area contributed by atoms with Crippen molar-refractivity contribution in [2.45, 2.75) is 12.5 Å². The molecule has 5 nitrogen and oxygen atoms in total. The lowest BCUT2D eigenvalue weighted by atomic mass is 10.1. The first-order valence-corrected chi connectivity index (χ1v) is 7.00. The third-order valence-corrected chi connectivity index (χ3v) is 3.11. The molecule has 1 atom stereocenters. The molecular formula is C13H14N2O3S. The first kappa shape index (κ1) is 15.1. The Hall–Kier alpha value is -2.00. The molecule has 1 rings (SSSR count). The third-order valence-electron chi connectivity index (χ3n) is 2.47. The molecule has 0 saturated heterocycles. The van der Waals surface area contributed by atoms with Crippen LogP contribution in [0.2, 0.25) is 0 Å². The highest BCUT2D eigenvalue weighted by molar-refractivity contribution is 7.98. The van der Waals surface area contributed by atoms with Gasteiger partial charge >= 0.3 is 5.97 Å². The molecule has 0 aliphatic heterocycles. The highest BCUT2D eigenvalue weighted by Crippen LogP contribution is 2.06. The summed E-state index contributed by atoms with van der Waals surface area (Å²) >= 11 is 1.52. The lowest BCUT2D eigenvalue weighted by Crippen LogP contribution is -2.41. The number of rotatable bonds is 6. The highest BCUT2D eigenvalue weighted by Gasteiger charge is 2.20. The minimum atomic E-state index is -1.06. The molecule has 0 saturated carbocycles. The van der Waals surface area contributed by atoms with Crippen LogP contribution < -0.4 is 5.32 Å². The summed E-state index contributed by atoms with van der Waals surface area (Å²) in [5.41, 5.74) is 0.651. The van der Waals surface area contributed by atoms with Crippen LogP contribution in [0.15, 0.2) is 24.3 Å². The zero-order valence-corrected chi connectivity index (χ0v) is 11.2. The van der Waals surface area contributed by atoms with Gasteiger partial charge in [-0.25, -0.2) is 4.79 Å². The second kappa shape index (κ2) is 7.44. The second-order valence-corrected chi connectivity index (χ2v) is 4.82. The predicted octanol–water partition coefficient (Wildman–Crippen LogP) is 1.49. The summed E-state index contributed by atoms with van der Waals surface area (Å²) in [6, 6.07) is 7.17. The largest absolute Gasteiger partial charge is 0.480 e. The molecule has 0 aromatic heterocycles. The van der Waals surface area contributed by atoms with Gasteiger partial charge in [0.05, 0.1) is 11.6 Å². The van der Waals surface area contributed by atoms with Crippen LogP contribution in [0.3, 0.4) is 0 Å². The van der Waals surface area contributed by atoms with Crippen LogP contribution in [-0.4, -0.2) is 35.0 Å². The third kappa shape index (κ3) is 4.64. The first-order chi connectivity index (χ1) is 9.08. The SMILES string of the molecule is CSCC[C@H](NC(=O)c1cccc(C#N)c1)C(=O)O. The van der Waals surface area contributed by atoms with Crippen LogP contribution in [-0.2, 0) is 4.79 Å². The second-order valence-electron chi connectivity index (χ2n) is 3.84. The molecule has 0 fully saturated rings. The van der Waals surface area contributed by atoms with Crippen LogP contribution in [0.5, 0.6) is 0 Å². The number of carbonyl (C=O) groups excluding carboxylic acids is 1. The Morgan fingerprint density at radius 2 is 2.26 bits per heavy atom. The highest BCUT2D eigenvalue weighted by atomic mass is 32.2. The standard InChI is InChI=1S/C13H14N2O3S/c1-19-6-5-11(13(17)18)15-12(16)10-4-2-3-9(7-10)8-14/h2-4,7,11H,5-6H2,1H3,(H,15,16)(H,17,18)/t11-/m0/s1. The Balaban J connectivity index is 2.76. The minimum Gasteiger partial charge on any atom is -0.480 e. The number of hydrogen-bond donors (Lipinski definition) is 2. The van der Waals surface area contributed by atoms with E-state index in [0.717, 1.165) is 0 Å². The fourth-order valence-corrected chi connectivity index (χ4v) is 1.94. The van der Waals surface area contributed by atoms with Gasteiger partial charge in [-0.3, -0.25) is 4.79 Å². The number of carboxylic acid groups (broad SMARTS) is 1. The lowest BCUT2D eigenvalue weighted by Gasteiger charge is -2.13. The quantitative estimate of drug-likeness (QED) is 0.823. The molecule has 6 heteroatoms. The minimum absolute atomic E-state index is 0.287. The molecule has 1 amide bonds. The van der Waals surface area contributed by atoms with Gasteiger partial charge < -0.3 is 10.4 Å². The van der Waals surface area contributed by atoms with E-state index in [2.05, 4.69) is 5.32 Å². The van der Waals surface area contributed by atoms with E-state index in [1.165, 1.54) is 17.8 Å². The summed E-state index contributed by atoms with van der Waals surface area (Å²) in [4.78, 5) is 22.9. The van der Waals surface area contributed by atoms with Crippen molar-refractivity contribution in [3.05, 3.63) is 35.4 Å². The zero-order chi connectivity index (χ0) is 14.3. The van der Waals surface area contributed by atoms with E-state index in [-0.39, 0.29) is 5.56 Å². The summed E-state index contributed by atoms with van der Waals surface area (Å²) < 4.78 is 0. The maximum Gasteiger partial charge on any atom is 0.326 e. The molecule has 100 valence electrons. The summed E-state index contributed by atoms with van der Waals surface area (Å²) in [6.07, 6.45) is 2.23. The Morgan fingerprint density at radius 3 is 2.84 bits per heavy atom. The molecule has 2 N–H and O–H groups in total. The van der Waals surface area contributed by atoms with Crippen LogP contribution in [0, 0.1) is 11.3 Å². The monoisotopic (exact) mass is 278 g/mol. The Labute approximate surface area is 115 Å². The molecule has 0 bridgehead atoms. The molecule has 1 aromatic carbocycles. The maximum absolute atomic E-state index is 11.9. The van der Waals surface area contributed by atoms with Gasteiger partial charge in [-0.05, 0) is 36.6 Å². The van der Waals surface area contributed by atoms with Gasteiger partial charge in [0.25, 0.3) is 5.91 Å². The normalized spacial score (nSPS) is 11.4. The smallest absolute Gasteiger partial charge is 0.326 e. The zero-order valence-electron chi connectivity index (χ0n) is 10.4. The van der Waals surface area contributed by atoms with E-state index in [1.54, 1.807) is 18.2 Å². The summed E-state index contributed by atoms with van der Waals surface area (Å²) in [5, 5.41) is 20.2. The molecule has 19 heavy (non-hydrogen) atoms. The van der Waals surface area contributed by atoms with Gasteiger partial charge in [0, 0.05) is 5.56 Å². The van der Waals surface area contributed by atoms with E-state index >= 15 is 0 Å².